The predicted molar refractivity (Wildman–Crippen MR) is 115 cm³/mol. The van der Waals surface area contributed by atoms with Crippen LogP contribution >= 0.6 is 0 Å². The summed E-state index contributed by atoms with van der Waals surface area (Å²) < 4.78 is 40.6. The lowest BCUT2D eigenvalue weighted by molar-refractivity contribution is -0.384. The van der Waals surface area contributed by atoms with E-state index in [1.54, 1.807) is 17.0 Å². The van der Waals surface area contributed by atoms with Crippen molar-refractivity contribution in [3.8, 4) is 0 Å². The number of rotatable bonds is 7. The standard InChI is InChI=1S/C21H23FN4O5S/c22-15-2-6-18(7-3-15)32(30,31)24-17-9-11-25(12-10-17)21(27)14-1-8-19(23-16-4-5-16)20(13-14)26(28)29/h1-3,6-8,13,16-17,23-24H,4-5,9-12H2. The average molecular weight is 463 g/mol. The SMILES string of the molecule is O=C(c1ccc(NC2CC2)c([N+](=O)[O-])c1)N1CCC(NS(=O)(=O)c2ccc(F)cc2)CC1. The zero-order valence-corrected chi connectivity index (χ0v) is 18.0. The van der Waals surface area contributed by atoms with E-state index in [2.05, 4.69) is 10.0 Å². The second kappa shape index (κ2) is 8.83. The number of hydrogen-bond acceptors (Lipinski definition) is 6. The van der Waals surface area contributed by atoms with Crippen LogP contribution in [0.2, 0.25) is 0 Å². The number of nitrogens with zero attached hydrogens (tertiary/aromatic N) is 2. The lowest BCUT2D eigenvalue weighted by Crippen LogP contribution is -2.46. The number of anilines is 1. The van der Waals surface area contributed by atoms with Crippen LogP contribution in [0.1, 0.15) is 36.0 Å². The summed E-state index contributed by atoms with van der Waals surface area (Å²) in [5, 5.41) is 14.5. The average Bonchev–Trinajstić information content (AvgIpc) is 3.58. The van der Waals surface area contributed by atoms with Gasteiger partial charge in [-0.15, -0.1) is 0 Å². The molecule has 11 heteroatoms. The van der Waals surface area contributed by atoms with E-state index in [-0.39, 0.29) is 34.1 Å². The van der Waals surface area contributed by atoms with Crippen LogP contribution in [0.15, 0.2) is 47.4 Å². The number of nitrogens with one attached hydrogen (secondary N) is 2. The van der Waals surface area contributed by atoms with Crippen LogP contribution < -0.4 is 10.0 Å². The largest absolute Gasteiger partial charge is 0.377 e. The van der Waals surface area contributed by atoms with Gasteiger partial charge in [0.15, 0.2) is 0 Å². The van der Waals surface area contributed by atoms with Gasteiger partial charge in [0.25, 0.3) is 11.6 Å². The van der Waals surface area contributed by atoms with Gasteiger partial charge < -0.3 is 10.2 Å². The summed E-state index contributed by atoms with van der Waals surface area (Å²) >= 11 is 0. The third kappa shape index (κ3) is 5.05. The smallest absolute Gasteiger partial charge is 0.293 e. The van der Waals surface area contributed by atoms with Gasteiger partial charge in [0.1, 0.15) is 11.5 Å². The Labute approximate surface area is 184 Å². The summed E-state index contributed by atoms with van der Waals surface area (Å²) in [4.78, 5) is 25.4. The molecule has 2 aromatic rings. The maximum absolute atomic E-state index is 13.0. The van der Waals surface area contributed by atoms with Crippen LogP contribution in [0, 0.1) is 15.9 Å². The maximum atomic E-state index is 13.0. The number of hydrogen-bond donors (Lipinski definition) is 2. The summed E-state index contributed by atoms with van der Waals surface area (Å²) in [5.41, 5.74) is 0.496. The number of piperidine rings is 1. The number of carbonyl (C=O) groups is 1. The van der Waals surface area contributed by atoms with Gasteiger partial charge in [-0.25, -0.2) is 17.5 Å². The van der Waals surface area contributed by atoms with E-state index in [1.807, 2.05) is 0 Å². The molecule has 2 N–H and O–H groups in total. The minimum Gasteiger partial charge on any atom is -0.377 e. The molecule has 0 aromatic heterocycles. The molecule has 0 radical (unpaired) electrons. The number of carbonyl (C=O) groups excluding carboxylic acids is 1. The topological polar surface area (TPSA) is 122 Å². The molecule has 1 amide bonds. The highest BCUT2D eigenvalue weighted by atomic mass is 32.2. The van der Waals surface area contributed by atoms with Crippen LogP contribution in [-0.4, -0.2) is 49.3 Å². The quantitative estimate of drug-likeness (QED) is 0.482. The van der Waals surface area contributed by atoms with Crippen LogP contribution in [0.5, 0.6) is 0 Å². The summed E-state index contributed by atoms with van der Waals surface area (Å²) in [6, 6.07) is 8.87. The molecule has 0 spiro atoms. The van der Waals surface area contributed by atoms with Crippen LogP contribution in [0.4, 0.5) is 15.8 Å². The molecule has 32 heavy (non-hydrogen) atoms. The second-order valence-electron chi connectivity index (χ2n) is 8.05. The fourth-order valence-electron chi connectivity index (χ4n) is 3.67. The molecule has 0 atom stereocenters. The molecule has 1 saturated heterocycles. The van der Waals surface area contributed by atoms with Gasteiger partial charge in [-0.1, -0.05) is 0 Å². The van der Waals surface area contributed by atoms with Crippen molar-refractivity contribution < 1.29 is 22.5 Å². The summed E-state index contributed by atoms with van der Waals surface area (Å²) in [6.45, 7) is 0.622. The first-order chi connectivity index (χ1) is 15.2. The Kier molecular flexibility index (Phi) is 6.11. The van der Waals surface area contributed by atoms with Crippen molar-refractivity contribution in [2.24, 2.45) is 0 Å². The molecule has 4 rings (SSSR count). The fraction of sp³-hybridized carbons (Fsp3) is 0.381. The third-order valence-corrected chi connectivity index (χ3v) is 7.14. The number of likely N-dealkylation sites (tertiary alicyclic amines) is 1. The van der Waals surface area contributed by atoms with Gasteiger partial charge in [-0.2, -0.15) is 0 Å². The minimum atomic E-state index is -3.79. The molecule has 1 aliphatic heterocycles. The molecule has 1 aliphatic carbocycles. The van der Waals surface area contributed by atoms with Crippen LogP contribution in [0.3, 0.4) is 0 Å². The van der Waals surface area contributed by atoms with Crippen molar-refractivity contribution in [3.63, 3.8) is 0 Å². The molecular weight excluding hydrogens is 439 g/mol. The first-order valence-electron chi connectivity index (χ1n) is 10.3. The molecule has 0 unspecified atom stereocenters. The van der Waals surface area contributed by atoms with Gasteiger partial charge >= 0.3 is 0 Å². The molecule has 2 aromatic carbocycles. The number of amides is 1. The molecule has 9 nitrogen and oxygen atoms in total. The van der Waals surface area contributed by atoms with Gasteiger partial charge in [-0.3, -0.25) is 14.9 Å². The molecule has 2 fully saturated rings. The van der Waals surface area contributed by atoms with E-state index in [9.17, 15) is 27.7 Å². The third-order valence-electron chi connectivity index (χ3n) is 5.61. The maximum Gasteiger partial charge on any atom is 0.293 e. The summed E-state index contributed by atoms with van der Waals surface area (Å²) in [5.74, 6) is -0.849. The van der Waals surface area contributed by atoms with Crippen LogP contribution in [-0.2, 0) is 10.0 Å². The first kappa shape index (κ1) is 22.2. The number of nitro groups is 1. The Morgan fingerprint density at radius 1 is 1.03 bits per heavy atom. The number of nitro benzene ring substituents is 1. The van der Waals surface area contributed by atoms with E-state index >= 15 is 0 Å². The molecule has 1 saturated carbocycles. The zero-order valence-electron chi connectivity index (χ0n) is 17.2. The van der Waals surface area contributed by atoms with E-state index in [1.165, 1.54) is 18.2 Å². The second-order valence-corrected chi connectivity index (χ2v) is 9.76. The molecular formula is C21H23FN4O5S. The van der Waals surface area contributed by atoms with Crippen molar-refractivity contribution >= 4 is 27.3 Å². The van der Waals surface area contributed by atoms with E-state index in [0.29, 0.717) is 31.6 Å². The molecule has 1 heterocycles. The first-order valence-corrected chi connectivity index (χ1v) is 11.8. The number of sulfonamides is 1. The van der Waals surface area contributed by atoms with E-state index in [4.69, 9.17) is 0 Å². The highest BCUT2D eigenvalue weighted by Crippen LogP contribution is 2.32. The molecule has 170 valence electrons. The molecule has 0 bridgehead atoms. The molecule has 2 aliphatic rings. The predicted octanol–water partition coefficient (Wildman–Crippen LogP) is 2.89. The Morgan fingerprint density at radius 2 is 1.69 bits per heavy atom. The Morgan fingerprint density at radius 3 is 2.28 bits per heavy atom. The highest BCUT2D eigenvalue weighted by Gasteiger charge is 2.29. The summed E-state index contributed by atoms with van der Waals surface area (Å²) in [6.07, 6.45) is 2.74. The van der Waals surface area contributed by atoms with Gasteiger partial charge in [0.2, 0.25) is 10.0 Å². The Bertz CT molecular complexity index is 1130. The monoisotopic (exact) mass is 462 g/mol. The number of halogens is 1. The lowest BCUT2D eigenvalue weighted by atomic mass is 10.0. The fourth-order valence-corrected chi connectivity index (χ4v) is 4.97. The van der Waals surface area contributed by atoms with Crippen molar-refractivity contribution in [1.29, 1.82) is 0 Å². The van der Waals surface area contributed by atoms with Crippen molar-refractivity contribution in [3.05, 3.63) is 64.0 Å². The normalized spacial score (nSPS) is 17.2. The Balaban J connectivity index is 1.38. The minimum absolute atomic E-state index is 0.0235. The van der Waals surface area contributed by atoms with E-state index in [0.717, 1.165) is 25.0 Å². The van der Waals surface area contributed by atoms with Crippen LogP contribution in [0.25, 0.3) is 0 Å². The zero-order chi connectivity index (χ0) is 22.9. The van der Waals surface area contributed by atoms with Gasteiger partial charge in [-0.05, 0) is 62.1 Å². The van der Waals surface area contributed by atoms with E-state index < -0.39 is 20.8 Å². The van der Waals surface area contributed by atoms with Gasteiger partial charge in [0.05, 0.1) is 9.82 Å². The van der Waals surface area contributed by atoms with Crippen molar-refractivity contribution in [2.75, 3.05) is 18.4 Å². The highest BCUT2D eigenvalue weighted by molar-refractivity contribution is 7.89. The lowest BCUT2D eigenvalue weighted by Gasteiger charge is -2.32. The van der Waals surface area contributed by atoms with Crippen molar-refractivity contribution in [2.45, 2.75) is 42.7 Å². The Hall–Kier alpha value is -3.05. The summed E-state index contributed by atoms with van der Waals surface area (Å²) in [7, 11) is -3.79. The van der Waals surface area contributed by atoms with Crippen molar-refractivity contribution in [1.82, 2.24) is 9.62 Å². The van der Waals surface area contributed by atoms with Gasteiger partial charge in [0, 0.05) is 36.8 Å². The number of benzene rings is 2.